The van der Waals surface area contributed by atoms with Crippen LogP contribution in [0.1, 0.15) is 33.6 Å². The van der Waals surface area contributed by atoms with Crippen molar-refractivity contribution in [3.63, 3.8) is 0 Å². The van der Waals surface area contributed by atoms with E-state index < -0.39 is 0 Å². The van der Waals surface area contributed by atoms with Crippen LogP contribution in [0, 0.1) is 5.41 Å². The van der Waals surface area contributed by atoms with Crippen LogP contribution in [0.4, 0.5) is 0 Å². The number of nitrogens with zero attached hydrogens (tertiary/aromatic N) is 1. The largest absolute Gasteiger partial charge is 0.365 e. The first-order valence-electron chi connectivity index (χ1n) is 4.94. The predicted molar refractivity (Wildman–Crippen MR) is 51.1 cm³/mol. The minimum absolute atomic E-state index is 0.503. The average Bonchev–Trinajstić information content (AvgIpc) is 2.53. The van der Waals surface area contributed by atoms with Gasteiger partial charge < -0.3 is 4.74 Å². The lowest BCUT2D eigenvalue weighted by Gasteiger charge is -2.25. The molecule has 72 valence electrons. The van der Waals surface area contributed by atoms with Gasteiger partial charge in [0.15, 0.2) is 0 Å². The molecule has 0 radical (unpaired) electrons. The Labute approximate surface area is 75.9 Å². The van der Waals surface area contributed by atoms with Crippen LogP contribution < -0.4 is 0 Å². The first-order valence-corrected chi connectivity index (χ1v) is 4.94. The van der Waals surface area contributed by atoms with Crippen molar-refractivity contribution >= 4 is 0 Å². The summed E-state index contributed by atoms with van der Waals surface area (Å²) in [6.45, 7) is 11.0. The van der Waals surface area contributed by atoms with E-state index in [2.05, 4.69) is 25.7 Å². The molecule has 0 aliphatic carbocycles. The maximum absolute atomic E-state index is 5.28. The summed E-state index contributed by atoms with van der Waals surface area (Å²) in [6, 6.07) is 0. The molecule has 2 heteroatoms. The highest BCUT2D eigenvalue weighted by Crippen LogP contribution is 2.24. The molecule has 0 aromatic carbocycles. The second-order valence-corrected chi connectivity index (χ2v) is 4.42. The van der Waals surface area contributed by atoms with Crippen molar-refractivity contribution in [3.8, 4) is 0 Å². The fourth-order valence-electron chi connectivity index (χ4n) is 1.27. The Balaban J connectivity index is 2.15. The van der Waals surface area contributed by atoms with Gasteiger partial charge in [0.2, 0.25) is 0 Å². The van der Waals surface area contributed by atoms with Crippen LogP contribution in [0.15, 0.2) is 0 Å². The Hall–Kier alpha value is -0.0800. The molecule has 0 N–H and O–H groups in total. The third-order valence-electron chi connectivity index (χ3n) is 2.89. The molecule has 1 heterocycles. The normalized spacial score (nSPS) is 20.2. The quantitative estimate of drug-likeness (QED) is 0.642. The van der Waals surface area contributed by atoms with Crippen molar-refractivity contribution in [2.45, 2.75) is 33.6 Å². The molecule has 1 fully saturated rings. The topological polar surface area (TPSA) is 12.5 Å². The molecule has 2 nitrogen and oxygen atoms in total. The fourth-order valence-corrected chi connectivity index (χ4v) is 1.27. The van der Waals surface area contributed by atoms with Gasteiger partial charge in [0.1, 0.15) is 0 Å². The minimum Gasteiger partial charge on any atom is -0.365 e. The van der Waals surface area contributed by atoms with Gasteiger partial charge in [-0.1, -0.05) is 27.2 Å². The third kappa shape index (κ3) is 3.11. The van der Waals surface area contributed by atoms with E-state index >= 15 is 0 Å². The molecule has 0 bridgehead atoms. The smallest absolute Gasteiger partial charge is 0.0991 e. The lowest BCUT2D eigenvalue weighted by molar-refractivity contribution is 0.130. The molecule has 1 aliphatic rings. The number of ether oxygens (including phenoxy) is 1. The molecule has 0 unspecified atom stereocenters. The Morgan fingerprint density at radius 3 is 2.67 bits per heavy atom. The van der Waals surface area contributed by atoms with Crippen LogP contribution in [-0.4, -0.2) is 31.3 Å². The van der Waals surface area contributed by atoms with Gasteiger partial charge in [-0.3, -0.25) is 4.90 Å². The fraction of sp³-hybridized carbons (Fsp3) is 1.00. The van der Waals surface area contributed by atoms with Gasteiger partial charge in [-0.15, -0.1) is 0 Å². The number of rotatable bonds is 4. The second kappa shape index (κ2) is 4.24. The van der Waals surface area contributed by atoms with Gasteiger partial charge in [0, 0.05) is 13.1 Å². The van der Waals surface area contributed by atoms with Gasteiger partial charge in [-0.2, -0.15) is 0 Å². The van der Waals surface area contributed by atoms with E-state index in [1.165, 1.54) is 19.4 Å². The summed E-state index contributed by atoms with van der Waals surface area (Å²) in [5.74, 6) is 0. The van der Waals surface area contributed by atoms with E-state index in [-0.39, 0.29) is 0 Å². The predicted octanol–water partition coefficient (Wildman–Crippen LogP) is 2.10. The SMILES string of the molecule is CCC(C)(C)CCN1CCOC1. The summed E-state index contributed by atoms with van der Waals surface area (Å²) in [5.41, 5.74) is 0.503. The molecule has 1 aliphatic heterocycles. The van der Waals surface area contributed by atoms with Crippen molar-refractivity contribution < 1.29 is 4.74 Å². The molecule has 12 heavy (non-hydrogen) atoms. The van der Waals surface area contributed by atoms with Crippen LogP contribution in [-0.2, 0) is 4.74 Å². The highest BCUT2D eigenvalue weighted by atomic mass is 16.5. The summed E-state index contributed by atoms with van der Waals surface area (Å²) in [5, 5.41) is 0. The molecule has 0 aromatic rings. The van der Waals surface area contributed by atoms with E-state index in [4.69, 9.17) is 4.74 Å². The molecular formula is C10H21NO. The molecule has 0 atom stereocenters. The van der Waals surface area contributed by atoms with Gasteiger partial charge in [-0.05, 0) is 11.8 Å². The maximum Gasteiger partial charge on any atom is 0.0991 e. The van der Waals surface area contributed by atoms with Crippen molar-refractivity contribution in [3.05, 3.63) is 0 Å². The molecule has 1 rings (SSSR count). The molecule has 1 saturated heterocycles. The summed E-state index contributed by atoms with van der Waals surface area (Å²) < 4.78 is 5.28. The zero-order chi connectivity index (χ0) is 9.03. The highest BCUT2D eigenvalue weighted by molar-refractivity contribution is 4.69. The van der Waals surface area contributed by atoms with Crippen LogP contribution >= 0.6 is 0 Å². The van der Waals surface area contributed by atoms with E-state index in [9.17, 15) is 0 Å². The molecule has 0 aromatic heterocycles. The third-order valence-corrected chi connectivity index (χ3v) is 2.89. The monoisotopic (exact) mass is 171 g/mol. The van der Waals surface area contributed by atoms with E-state index in [0.717, 1.165) is 19.9 Å². The Kier molecular flexibility index (Phi) is 3.53. The first kappa shape index (κ1) is 10.0. The zero-order valence-electron chi connectivity index (χ0n) is 8.60. The van der Waals surface area contributed by atoms with Gasteiger partial charge >= 0.3 is 0 Å². The van der Waals surface area contributed by atoms with E-state index in [1.54, 1.807) is 0 Å². The Morgan fingerprint density at radius 1 is 1.42 bits per heavy atom. The zero-order valence-corrected chi connectivity index (χ0v) is 8.60. The number of hydrogen-bond donors (Lipinski definition) is 0. The average molecular weight is 171 g/mol. The van der Waals surface area contributed by atoms with Crippen molar-refractivity contribution in [2.24, 2.45) is 5.41 Å². The van der Waals surface area contributed by atoms with Crippen molar-refractivity contribution in [2.75, 3.05) is 26.4 Å². The summed E-state index contributed by atoms with van der Waals surface area (Å²) in [6.07, 6.45) is 2.55. The number of hydrogen-bond acceptors (Lipinski definition) is 2. The second-order valence-electron chi connectivity index (χ2n) is 4.42. The standard InChI is InChI=1S/C10H21NO/c1-4-10(2,3)5-6-11-7-8-12-9-11/h4-9H2,1-3H3. The van der Waals surface area contributed by atoms with Crippen LogP contribution in [0.5, 0.6) is 0 Å². The maximum atomic E-state index is 5.28. The van der Waals surface area contributed by atoms with E-state index in [1.807, 2.05) is 0 Å². The Morgan fingerprint density at radius 2 is 2.17 bits per heavy atom. The summed E-state index contributed by atoms with van der Waals surface area (Å²) in [7, 11) is 0. The van der Waals surface area contributed by atoms with Crippen LogP contribution in [0.2, 0.25) is 0 Å². The minimum atomic E-state index is 0.503. The van der Waals surface area contributed by atoms with Crippen LogP contribution in [0.3, 0.4) is 0 Å². The lowest BCUT2D eigenvalue weighted by Crippen LogP contribution is -2.25. The van der Waals surface area contributed by atoms with Gasteiger partial charge in [0.25, 0.3) is 0 Å². The van der Waals surface area contributed by atoms with Crippen molar-refractivity contribution in [1.29, 1.82) is 0 Å². The van der Waals surface area contributed by atoms with Crippen LogP contribution in [0.25, 0.3) is 0 Å². The van der Waals surface area contributed by atoms with Gasteiger partial charge in [0.05, 0.1) is 13.3 Å². The van der Waals surface area contributed by atoms with Gasteiger partial charge in [-0.25, -0.2) is 0 Å². The molecule has 0 spiro atoms. The molecule has 0 amide bonds. The highest BCUT2D eigenvalue weighted by Gasteiger charge is 2.18. The first-order chi connectivity index (χ1) is 5.64. The summed E-state index contributed by atoms with van der Waals surface area (Å²) >= 11 is 0. The lowest BCUT2D eigenvalue weighted by atomic mass is 9.86. The van der Waals surface area contributed by atoms with E-state index in [0.29, 0.717) is 5.41 Å². The Bertz CT molecular complexity index is 128. The molecule has 0 saturated carbocycles. The molecular weight excluding hydrogens is 150 g/mol. The van der Waals surface area contributed by atoms with Crippen molar-refractivity contribution in [1.82, 2.24) is 4.90 Å². The summed E-state index contributed by atoms with van der Waals surface area (Å²) in [4.78, 5) is 2.39.